The molecule has 3 heterocycles. The normalized spacial score (nSPS) is 11.8. The van der Waals surface area contributed by atoms with Crippen molar-refractivity contribution in [3.8, 4) is 28.2 Å². The van der Waals surface area contributed by atoms with Gasteiger partial charge in [-0.1, -0.05) is 109 Å². The van der Waals surface area contributed by atoms with Crippen molar-refractivity contribution in [1.82, 2.24) is 9.55 Å². The Labute approximate surface area is 241 Å². The molecule has 0 aliphatic carbocycles. The maximum Gasteiger partial charge on any atom is 0.143 e. The molecule has 9 aromatic rings. The summed E-state index contributed by atoms with van der Waals surface area (Å²) in [7, 11) is 0. The summed E-state index contributed by atoms with van der Waals surface area (Å²) in [6, 6.07) is 51.2. The number of nitrogens with zero attached hydrogens (tertiary/aromatic N) is 2. The van der Waals surface area contributed by atoms with Crippen LogP contribution < -0.4 is 0 Å². The Balaban J connectivity index is 1.38. The fourth-order valence-corrected chi connectivity index (χ4v) is 6.51. The first-order valence-electron chi connectivity index (χ1n) is 14.2. The average molecular weight is 537 g/mol. The minimum atomic E-state index is 0.865. The zero-order chi connectivity index (χ0) is 27.6. The fourth-order valence-electron chi connectivity index (χ4n) is 6.51. The Hall–Kier alpha value is -5.67. The highest BCUT2D eigenvalue weighted by atomic mass is 16.3. The molecule has 0 atom stereocenters. The molecule has 42 heavy (non-hydrogen) atoms. The molecule has 0 amide bonds. The molecule has 6 aromatic carbocycles. The Kier molecular flexibility index (Phi) is 4.90. The lowest BCUT2D eigenvalue weighted by molar-refractivity contribution is 0.673. The van der Waals surface area contributed by atoms with Crippen LogP contribution in [0.4, 0.5) is 0 Å². The topological polar surface area (TPSA) is 31.0 Å². The predicted octanol–water partition coefficient (Wildman–Crippen LogP) is 10.6. The van der Waals surface area contributed by atoms with Gasteiger partial charge in [-0.2, -0.15) is 0 Å². The molecular weight excluding hydrogens is 512 g/mol. The van der Waals surface area contributed by atoms with Crippen molar-refractivity contribution in [3.63, 3.8) is 0 Å². The average Bonchev–Trinajstić information content (AvgIpc) is 3.61. The van der Waals surface area contributed by atoms with E-state index in [-0.39, 0.29) is 0 Å². The lowest BCUT2D eigenvalue weighted by Gasteiger charge is -2.13. The molecule has 0 aliphatic rings. The molecule has 0 bridgehead atoms. The number of aromatic nitrogens is 2. The van der Waals surface area contributed by atoms with Gasteiger partial charge in [0, 0.05) is 38.1 Å². The van der Waals surface area contributed by atoms with E-state index in [1.807, 2.05) is 6.07 Å². The molecule has 9 rings (SSSR count). The third-order valence-electron chi connectivity index (χ3n) is 8.38. The van der Waals surface area contributed by atoms with E-state index in [1.54, 1.807) is 0 Å². The van der Waals surface area contributed by atoms with Gasteiger partial charge in [-0.05, 0) is 41.8 Å². The highest BCUT2D eigenvalue weighted by Crippen LogP contribution is 2.41. The van der Waals surface area contributed by atoms with Crippen LogP contribution in [0, 0.1) is 0 Å². The van der Waals surface area contributed by atoms with Crippen molar-refractivity contribution < 1.29 is 4.42 Å². The van der Waals surface area contributed by atoms with E-state index in [4.69, 9.17) is 9.40 Å². The van der Waals surface area contributed by atoms with E-state index < -0.39 is 0 Å². The summed E-state index contributed by atoms with van der Waals surface area (Å²) in [5.41, 5.74) is 9.18. The molecule has 0 aliphatic heterocycles. The van der Waals surface area contributed by atoms with Crippen LogP contribution in [-0.2, 0) is 0 Å². The molecule has 0 saturated heterocycles. The van der Waals surface area contributed by atoms with E-state index in [0.717, 1.165) is 55.5 Å². The second-order valence-corrected chi connectivity index (χ2v) is 10.8. The van der Waals surface area contributed by atoms with E-state index in [1.165, 1.54) is 27.2 Å². The molecule has 0 fully saturated rings. The number of hydrogen-bond donors (Lipinski definition) is 0. The van der Waals surface area contributed by atoms with E-state index in [9.17, 15) is 0 Å². The number of fused-ring (bicyclic) bond motifs is 8. The highest BCUT2D eigenvalue weighted by molar-refractivity contribution is 6.19. The van der Waals surface area contributed by atoms with E-state index in [2.05, 4.69) is 144 Å². The zero-order valence-electron chi connectivity index (χ0n) is 22.7. The van der Waals surface area contributed by atoms with Crippen LogP contribution in [0.2, 0.25) is 0 Å². The SMILES string of the molecule is c1ccc(-c2cc(-n3c4ccccc4c4ccccc43)cc(-c3cccc4oc5c6ccccc6ccc5c34)n2)cc1. The number of hydrogen-bond acceptors (Lipinski definition) is 2. The molecule has 0 N–H and O–H groups in total. The van der Waals surface area contributed by atoms with Gasteiger partial charge in [-0.15, -0.1) is 0 Å². The van der Waals surface area contributed by atoms with Crippen molar-refractivity contribution in [3.05, 3.63) is 146 Å². The Bertz CT molecular complexity index is 2410. The fraction of sp³-hybridized carbons (Fsp3) is 0. The first-order chi connectivity index (χ1) is 20.8. The second kappa shape index (κ2) is 8.92. The number of pyridine rings is 1. The van der Waals surface area contributed by atoms with Crippen LogP contribution >= 0.6 is 0 Å². The summed E-state index contributed by atoms with van der Waals surface area (Å²) in [5, 5.41) is 6.95. The second-order valence-electron chi connectivity index (χ2n) is 10.8. The Morgan fingerprint density at radius 1 is 0.500 bits per heavy atom. The first-order valence-corrected chi connectivity index (χ1v) is 14.2. The Morgan fingerprint density at radius 2 is 1.17 bits per heavy atom. The largest absolute Gasteiger partial charge is 0.455 e. The summed E-state index contributed by atoms with van der Waals surface area (Å²) in [4.78, 5) is 5.29. The summed E-state index contributed by atoms with van der Waals surface area (Å²) in [6.45, 7) is 0. The van der Waals surface area contributed by atoms with Crippen LogP contribution in [0.1, 0.15) is 0 Å². The predicted molar refractivity (Wildman–Crippen MR) is 174 cm³/mol. The monoisotopic (exact) mass is 536 g/mol. The molecule has 0 spiro atoms. The minimum absolute atomic E-state index is 0.865. The van der Waals surface area contributed by atoms with Crippen molar-refractivity contribution >= 4 is 54.5 Å². The summed E-state index contributed by atoms with van der Waals surface area (Å²) in [6.07, 6.45) is 0. The van der Waals surface area contributed by atoms with Crippen LogP contribution in [0.15, 0.2) is 150 Å². The van der Waals surface area contributed by atoms with Crippen molar-refractivity contribution in [2.24, 2.45) is 0 Å². The smallest absolute Gasteiger partial charge is 0.143 e. The third-order valence-corrected chi connectivity index (χ3v) is 8.38. The van der Waals surface area contributed by atoms with Crippen LogP contribution in [0.25, 0.3) is 82.7 Å². The molecule has 0 radical (unpaired) electrons. The van der Waals surface area contributed by atoms with Gasteiger partial charge in [0.25, 0.3) is 0 Å². The highest BCUT2D eigenvalue weighted by Gasteiger charge is 2.18. The summed E-state index contributed by atoms with van der Waals surface area (Å²) < 4.78 is 8.89. The van der Waals surface area contributed by atoms with E-state index >= 15 is 0 Å². The molecular formula is C39H24N2O. The van der Waals surface area contributed by atoms with Crippen LogP contribution in [0.5, 0.6) is 0 Å². The number of furan rings is 1. The van der Waals surface area contributed by atoms with Crippen molar-refractivity contribution in [2.45, 2.75) is 0 Å². The zero-order valence-corrected chi connectivity index (χ0v) is 22.7. The van der Waals surface area contributed by atoms with Gasteiger partial charge >= 0.3 is 0 Å². The maximum absolute atomic E-state index is 6.53. The van der Waals surface area contributed by atoms with Gasteiger partial charge in [0.05, 0.1) is 28.1 Å². The molecule has 0 saturated carbocycles. The van der Waals surface area contributed by atoms with Gasteiger partial charge in [0.2, 0.25) is 0 Å². The number of rotatable bonds is 3. The summed E-state index contributed by atoms with van der Waals surface area (Å²) in [5.74, 6) is 0. The standard InChI is InChI=1S/C39H24N2O/c1-2-12-26(13-3-1)33-23-27(41-35-18-8-6-15-29(35)30-16-7-9-19-36(30)41)24-34(40-33)31-17-10-20-37-38(31)32-22-21-25-11-4-5-14-28(25)39(32)42-37/h1-24H. The van der Waals surface area contributed by atoms with Crippen LogP contribution in [0.3, 0.4) is 0 Å². The van der Waals surface area contributed by atoms with Gasteiger partial charge in [-0.25, -0.2) is 4.98 Å². The minimum Gasteiger partial charge on any atom is -0.455 e. The lowest BCUT2D eigenvalue weighted by atomic mass is 10.00. The van der Waals surface area contributed by atoms with Gasteiger partial charge in [0.15, 0.2) is 0 Å². The van der Waals surface area contributed by atoms with E-state index in [0.29, 0.717) is 0 Å². The lowest BCUT2D eigenvalue weighted by Crippen LogP contribution is -1.98. The molecule has 3 aromatic heterocycles. The molecule has 3 heteroatoms. The van der Waals surface area contributed by atoms with Crippen molar-refractivity contribution in [1.29, 1.82) is 0 Å². The number of benzene rings is 6. The maximum atomic E-state index is 6.53. The van der Waals surface area contributed by atoms with Gasteiger partial charge < -0.3 is 8.98 Å². The van der Waals surface area contributed by atoms with Gasteiger partial charge in [0.1, 0.15) is 11.2 Å². The van der Waals surface area contributed by atoms with Crippen molar-refractivity contribution in [2.75, 3.05) is 0 Å². The molecule has 196 valence electrons. The summed E-state index contributed by atoms with van der Waals surface area (Å²) >= 11 is 0. The quantitative estimate of drug-likeness (QED) is 0.225. The number of para-hydroxylation sites is 2. The van der Waals surface area contributed by atoms with Crippen LogP contribution in [-0.4, -0.2) is 9.55 Å². The van der Waals surface area contributed by atoms with Gasteiger partial charge in [-0.3, -0.25) is 0 Å². The third kappa shape index (κ3) is 3.37. The first kappa shape index (κ1) is 23.1. The Morgan fingerprint density at radius 3 is 1.95 bits per heavy atom. The molecule has 3 nitrogen and oxygen atoms in total. The molecule has 0 unspecified atom stereocenters.